The second-order valence-corrected chi connectivity index (χ2v) is 7.12. The Morgan fingerprint density at radius 3 is 2.62 bits per heavy atom. The fourth-order valence-corrected chi connectivity index (χ4v) is 4.54. The maximum atomic E-state index is 5.69. The van der Waals surface area contributed by atoms with Crippen molar-refractivity contribution in [3.05, 3.63) is 64.1 Å². The summed E-state index contributed by atoms with van der Waals surface area (Å²) in [6.45, 7) is 0. The quantitative estimate of drug-likeness (QED) is 0.727. The summed E-state index contributed by atoms with van der Waals surface area (Å²) in [5, 5.41) is 3.76. The normalized spacial score (nSPS) is 24.0. The molecule has 4 rings (SSSR count). The highest BCUT2D eigenvalue weighted by Crippen LogP contribution is 2.53. The summed E-state index contributed by atoms with van der Waals surface area (Å²) in [4.78, 5) is 0. The number of hydrogen-bond donors (Lipinski definition) is 1. The van der Waals surface area contributed by atoms with Gasteiger partial charge in [-0.05, 0) is 46.0 Å². The van der Waals surface area contributed by atoms with Gasteiger partial charge in [0, 0.05) is 16.0 Å². The molecule has 1 aliphatic heterocycles. The van der Waals surface area contributed by atoms with Gasteiger partial charge in [0.05, 0.1) is 25.9 Å². The first-order chi connectivity index (χ1) is 11.7. The Morgan fingerprint density at radius 1 is 1.04 bits per heavy atom. The van der Waals surface area contributed by atoms with Crippen LogP contribution >= 0.6 is 15.9 Å². The number of ether oxygens (including phenoxy) is 2. The van der Waals surface area contributed by atoms with Crippen LogP contribution in [0.5, 0.6) is 11.5 Å². The van der Waals surface area contributed by atoms with Crippen LogP contribution in [-0.4, -0.2) is 14.2 Å². The number of methoxy groups -OCH3 is 2. The summed E-state index contributed by atoms with van der Waals surface area (Å²) in [6, 6.07) is 12.7. The highest BCUT2D eigenvalue weighted by Gasteiger charge is 2.39. The number of anilines is 1. The van der Waals surface area contributed by atoms with Crippen molar-refractivity contribution in [3.63, 3.8) is 0 Å². The van der Waals surface area contributed by atoms with Crippen molar-refractivity contribution in [2.45, 2.75) is 18.4 Å². The Hall–Kier alpha value is -1.94. The third-order valence-corrected chi connectivity index (χ3v) is 5.78. The molecule has 0 saturated carbocycles. The molecule has 4 heteroatoms. The van der Waals surface area contributed by atoms with Gasteiger partial charge in [-0.3, -0.25) is 0 Å². The van der Waals surface area contributed by atoms with Gasteiger partial charge in [0.1, 0.15) is 0 Å². The van der Waals surface area contributed by atoms with Crippen LogP contribution in [0.25, 0.3) is 0 Å². The van der Waals surface area contributed by atoms with Crippen molar-refractivity contribution in [1.82, 2.24) is 0 Å². The van der Waals surface area contributed by atoms with Crippen molar-refractivity contribution < 1.29 is 9.47 Å². The second kappa shape index (κ2) is 6.17. The molecule has 2 aliphatic rings. The first-order valence-corrected chi connectivity index (χ1v) is 8.96. The summed E-state index contributed by atoms with van der Waals surface area (Å²) >= 11 is 3.70. The smallest absolute Gasteiger partial charge is 0.165 e. The largest absolute Gasteiger partial charge is 0.493 e. The van der Waals surface area contributed by atoms with Gasteiger partial charge in [-0.25, -0.2) is 0 Å². The predicted molar refractivity (Wildman–Crippen MR) is 100 cm³/mol. The van der Waals surface area contributed by atoms with Crippen LogP contribution in [0.4, 0.5) is 5.69 Å². The minimum Gasteiger partial charge on any atom is -0.493 e. The van der Waals surface area contributed by atoms with Crippen LogP contribution in [0.3, 0.4) is 0 Å². The first-order valence-electron chi connectivity index (χ1n) is 8.17. The highest BCUT2D eigenvalue weighted by molar-refractivity contribution is 9.10. The zero-order valence-electron chi connectivity index (χ0n) is 13.8. The Bertz CT molecular complexity index is 802. The number of benzene rings is 2. The molecule has 2 aromatic carbocycles. The fraction of sp³-hybridized carbons (Fsp3) is 0.300. The van der Waals surface area contributed by atoms with Gasteiger partial charge < -0.3 is 14.8 Å². The summed E-state index contributed by atoms with van der Waals surface area (Å²) < 4.78 is 12.3. The van der Waals surface area contributed by atoms with Crippen molar-refractivity contribution >= 4 is 21.6 Å². The van der Waals surface area contributed by atoms with Gasteiger partial charge in [-0.15, -0.1) is 0 Å². The van der Waals surface area contributed by atoms with E-state index in [4.69, 9.17) is 9.47 Å². The molecule has 1 N–H and O–H groups in total. The maximum Gasteiger partial charge on any atom is 0.165 e. The van der Waals surface area contributed by atoms with E-state index in [1.54, 1.807) is 14.2 Å². The number of nitrogens with one attached hydrogen (secondary N) is 1. The molecule has 124 valence electrons. The molecule has 1 aliphatic carbocycles. The zero-order chi connectivity index (χ0) is 16.7. The zero-order valence-corrected chi connectivity index (χ0v) is 15.3. The van der Waals surface area contributed by atoms with Crippen LogP contribution in [0.15, 0.2) is 53.0 Å². The number of halogens is 1. The SMILES string of the molecule is COc1cccc([C@@H]2Nc3c(Br)cccc3[C@@H]3C=CC[C@@H]32)c1OC. The summed E-state index contributed by atoms with van der Waals surface area (Å²) in [5.74, 6) is 2.50. The molecular weight excluding hydrogens is 366 g/mol. The molecule has 0 amide bonds. The lowest BCUT2D eigenvalue weighted by atomic mass is 9.77. The summed E-state index contributed by atoms with van der Waals surface area (Å²) in [7, 11) is 3.39. The molecule has 24 heavy (non-hydrogen) atoms. The minimum atomic E-state index is 0.182. The molecule has 0 radical (unpaired) electrons. The first kappa shape index (κ1) is 15.6. The molecule has 0 aromatic heterocycles. The molecule has 3 nitrogen and oxygen atoms in total. The molecular formula is C20H20BrNO2. The number of fused-ring (bicyclic) bond motifs is 3. The van der Waals surface area contributed by atoms with Crippen LogP contribution in [0, 0.1) is 5.92 Å². The monoisotopic (exact) mass is 385 g/mol. The van der Waals surface area contributed by atoms with Gasteiger partial charge in [0.15, 0.2) is 11.5 Å². The lowest BCUT2D eigenvalue weighted by Gasteiger charge is -2.38. The van der Waals surface area contributed by atoms with E-state index in [-0.39, 0.29) is 6.04 Å². The van der Waals surface area contributed by atoms with Crippen LogP contribution in [0.1, 0.15) is 29.5 Å². The van der Waals surface area contributed by atoms with Crippen molar-refractivity contribution in [2.24, 2.45) is 5.92 Å². The average molecular weight is 386 g/mol. The van der Waals surface area contributed by atoms with Crippen LogP contribution in [0.2, 0.25) is 0 Å². The van der Waals surface area contributed by atoms with E-state index in [2.05, 4.69) is 57.7 Å². The van der Waals surface area contributed by atoms with Crippen LogP contribution < -0.4 is 14.8 Å². The van der Waals surface area contributed by atoms with Gasteiger partial charge in [0.25, 0.3) is 0 Å². The van der Waals surface area contributed by atoms with E-state index < -0.39 is 0 Å². The number of allylic oxidation sites excluding steroid dienone is 2. The third kappa shape index (κ3) is 2.32. The minimum absolute atomic E-state index is 0.182. The van der Waals surface area contributed by atoms with E-state index in [0.717, 1.165) is 28.0 Å². The maximum absolute atomic E-state index is 5.69. The topological polar surface area (TPSA) is 30.5 Å². The molecule has 1 heterocycles. The highest BCUT2D eigenvalue weighted by atomic mass is 79.9. The van der Waals surface area contributed by atoms with E-state index in [9.17, 15) is 0 Å². The Kier molecular flexibility index (Phi) is 4.01. The molecule has 0 fully saturated rings. The average Bonchev–Trinajstić information content (AvgIpc) is 3.10. The fourth-order valence-electron chi connectivity index (χ4n) is 4.05. The predicted octanol–water partition coefficient (Wildman–Crippen LogP) is 5.29. The Morgan fingerprint density at radius 2 is 1.83 bits per heavy atom. The summed E-state index contributed by atoms with van der Waals surface area (Å²) in [5.41, 5.74) is 3.69. The van der Waals surface area contributed by atoms with Crippen molar-refractivity contribution in [2.75, 3.05) is 19.5 Å². The van der Waals surface area contributed by atoms with Gasteiger partial charge in [0.2, 0.25) is 0 Å². The lowest BCUT2D eigenvalue weighted by molar-refractivity contribution is 0.341. The molecule has 0 saturated heterocycles. The molecule has 0 bridgehead atoms. The third-order valence-electron chi connectivity index (χ3n) is 5.11. The number of para-hydroxylation sites is 2. The number of hydrogen-bond acceptors (Lipinski definition) is 3. The molecule has 0 unspecified atom stereocenters. The van der Waals surface area contributed by atoms with Crippen LogP contribution in [-0.2, 0) is 0 Å². The molecule has 0 spiro atoms. The molecule has 2 aromatic rings. The van der Waals surface area contributed by atoms with Gasteiger partial charge in [-0.1, -0.05) is 36.4 Å². The van der Waals surface area contributed by atoms with Crippen molar-refractivity contribution in [1.29, 1.82) is 0 Å². The van der Waals surface area contributed by atoms with Gasteiger partial charge >= 0.3 is 0 Å². The van der Waals surface area contributed by atoms with E-state index in [1.165, 1.54) is 11.3 Å². The van der Waals surface area contributed by atoms with E-state index in [1.807, 2.05) is 12.1 Å². The number of rotatable bonds is 3. The summed E-state index contributed by atoms with van der Waals surface area (Å²) in [6.07, 6.45) is 5.71. The molecule has 3 atom stereocenters. The van der Waals surface area contributed by atoms with Gasteiger partial charge in [-0.2, -0.15) is 0 Å². The second-order valence-electron chi connectivity index (χ2n) is 6.26. The Balaban J connectivity index is 1.85. The Labute approximate surface area is 150 Å². The standard InChI is InChI=1S/C20H20BrNO2/c1-23-17-11-5-9-15(20(17)24-2)18-13-7-3-6-12(13)14-8-4-10-16(21)19(14)22-18/h3-6,8-13,18,22H,7H2,1-2H3/t12-,13+,18-/m1/s1. The van der Waals surface area contributed by atoms with E-state index in [0.29, 0.717) is 11.8 Å². The van der Waals surface area contributed by atoms with Crippen molar-refractivity contribution in [3.8, 4) is 11.5 Å². The van der Waals surface area contributed by atoms with E-state index >= 15 is 0 Å². The lowest BCUT2D eigenvalue weighted by Crippen LogP contribution is -2.29.